The Balaban J connectivity index is 1.89. The molecule has 150 valence electrons. The van der Waals surface area contributed by atoms with Gasteiger partial charge in [0.1, 0.15) is 0 Å². The molecule has 2 amide bonds. The number of amides is 2. The molecule has 2 N–H and O–H groups in total. The maximum Gasteiger partial charge on any atom is 0.238 e. The van der Waals surface area contributed by atoms with E-state index in [1.807, 2.05) is 30.5 Å². The highest BCUT2D eigenvalue weighted by atomic mass is 32.2. The van der Waals surface area contributed by atoms with Crippen LogP contribution < -0.4 is 10.6 Å². The second kappa shape index (κ2) is 9.72. The first kappa shape index (κ1) is 21.9. The first-order valence-corrected chi connectivity index (χ1v) is 11.5. The lowest BCUT2D eigenvalue weighted by Crippen LogP contribution is -2.36. The van der Waals surface area contributed by atoms with Gasteiger partial charge in [0.25, 0.3) is 0 Å². The van der Waals surface area contributed by atoms with Crippen LogP contribution in [0.3, 0.4) is 0 Å². The second-order valence-corrected chi connectivity index (χ2v) is 9.13. The van der Waals surface area contributed by atoms with E-state index in [-0.39, 0.29) is 29.8 Å². The monoisotopic (exact) mass is 421 g/mol. The largest absolute Gasteiger partial charge is 0.325 e. The number of sulfone groups is 1. The molecule has 0 saturated carbocycles. The van der Waals surface area contributed by atoms with Crippen LogP contribution in [0.15, 0.2) is 58.3 Å². The summed E-state index contributed by atoms with van der Waals surface area (Å²) in [6.45, 7) is 0.0280. The number of hydrogen-bond acceptors (Lipinski definition) is 6. The third-order valence-corrected chi connectivity index (χ3v) is 5.66. The van der Waals surface area contributed by atoms with Crippen molar-refractivity contribution < 1.29 is 18.0 Å². The van der Waals surface area contributed by atoms with E-state index in [1.54, 1.807) is 24.1 Å². The van der Waals surface area contributed by atoms with Crippen LogP contribution in [0.4, 0.5) is 11.4 Å². The first-order valence-electron chi connectivity index (χ1n) is 8.40. The third-order valence-electron chi connectivity index (χ3n) is 3.75. The second-order valence-electron chi connectivity index (χ2n) is 6.27. The number of hydrogen-bond donors (Lipinski definition) is 2. The Morgan fingerprint density at radius 3 is 2.29 bits per heavy atom. The molecule has 7 nitrogen and oxygen atoms in total. The minimum atomic E-state index is -3.35. The van der Waals surface area contributed by atoms with Crippen LogP contribution in [0.5, 0.6) is 0 Å². The predicted molar refractivity (Wildman–Crippen MR) is 113 cm³/mol. The number of carbonyl (C=O) groups is 2. The van der Waals surface area contributed by atoms with Crippen molar-refractivity contribution in [1.82, 2.24) is 4.90 Å². The Morgan fingerprint density at radius 2 is 1.64 bits per heavy atom. The quantitative estimate of drug-likeness (QED) is 0.635. The average Bonchev–Trinajstić information content (AvgIpc) is 2.61. The summed E-state index contributed by atoms with van der Waals surface area (Å²) in [6, 6.07) is 13.5. The van der Waals surface area contributed by atoms with E-state index in [0.29, 0.717) is 5.69 Å². The molecule has 0 aromatic heterocycles. The van der Waals surface area contributed by atoms with E-state index < -0.39 is 9.84 Å². The number of anilines is 2. The van der Waals surface area contributed by atoms with Crippen LogP contribution in [0.25, 0.3) is 0 Å². The number of benzene rings is 2. The van der Waals surface area contributed by atoms with Crippen molar-refractivity contribution in [2.24, 2.45) is 0 Å². The highest BCUT2D eigenvalue weighted by molar-refractivity contribution is 7.98. The molecule has 28 heavy (non-hydrogen) atoms. The van der Waals surface area contributed by atoms with Crippen molar-refractivity contribution in [3.63, 3.8) is 0 Å². The number of carbonyl (C=O) groups excluding carboxylic acids is 2. The van der Waals surface area contributed by atoms with E-state index in [2.05, 4.69) is 10.6 Å². The predicted octanol–water partition coefficient (Wildman–Crippen LogP) is 2.32. The summed E-state index contributed by atoms with van der Waals surface area (Å²) in [6.07, 6.45) is 3.04. The van der Waals surface area contributed by atoms with E-state index in [0.717, 1.165) is 16.8 Å². The summed E-state index contributed by atoms with van der Waals surface area (Å²) in [5.74, 6) is -0.568. The zero-order chi connectivity index (χ0) is 20.7. The first-order chi connectivity index (χ1) is 13.2. The standard InChI is InChI=1S/C19H23N3O4S2/c1-22(13-19(24)21-16-9-4-5-10-17(16)27-2)12-18(23)20-14-7-6-8-15(11-14)28(3,25)26/h4-11H,12-13H2,1-3H3,(H,20,23)(H,21,24). The fraction of sp³-hybridized carbons (Fsp3) is 0.263. The van der Waals surface area contributed by atoms with E-state index in [4.69, 9.17) is 0 Å². The fourth-order valence-electron chi connectivity index (χ4n) is 2.49. The summed E-state index contributed by atoms with van der Waals surface area (Å²) in [7, 11) is -1.69. The van der Waals surface area contributed by atoms with Gasteiger partial charge in [0.15, 0.2) is 9.84 Å². The molecular weight excluding hydrogens is 398 g/mol. The summed E-state index contributed by atoms with van der Waals surface area (Å²) in [5.41, 5.74) is 1.12. The van der Waals surface area contributed by atoms with Gasteiger partial charge in [-0.25, -0.2) is 8.42 Å². The SMILES string of the molecule is CSc1ccccc1NC(=O)CN(C)CC(=O)Nc1cccc(S(C)(=O)=O)c1. The number of thioether (sulfide) groups is 1. The van der Waals surface area contributed by atoms with Crippen LogP contribution in [-0.4, -0.2) is 57.8 Å². The third kappa shape index (κ3) is 6.66. The van der Waals surface area contributed by atoms with Gasteiger partial charge in [-0.2, -0.15) is 0 Å². The van der Waals surface area contributed by atoms with Gasteiger partial charge in [-0.15, -0.1) is 11.8 Å². The van der Waals surface area contributed by atoms with Crippen molar-refractivity contribution in [3.8, 4) is 0 Å². The van der Waals surface area contributed by atoms with Crippen LogP contribution in [0.1, 0.15) is 0 Å². The number of likely N-dealkylation sites (N-methyl/N-ethyl adjacent to an activating group) is 1. The maximum atomic E-state index is 12.2. The Labute approximate surface area is 169 Å². The van der Waals surface area contributed by atoms with Crippen LogP contribution in [0, 0.1) is 0 Å². The van der Waals surface area contributed by atoms with Gasteiger partial charge >= 0.3 is 0 Å². The summed E-state index contributed by atoms with van der Waals surface area (Å²) >= 11 is 1.54. The minimum absolute atomic E-state index is 0.0132. The minimum Gasteiger partial charge on any atom is -0.325 e. The molecule has 0 unspecified atom stereocenters. The molecular formula is C19H23N3O4S2. The number of nitrogens with one attached hydrogen (secondary N) is 2. The molecule has 0 fully saturated rings. The molecule has 0 spiro atoms. The van der Waals surface area contributed by atoms with E-state index >= 15 is 0 Å². The van der Waals surface area contributed by atoms with Crippen molar-refractivity contribution in [1.29, 1.82) is 0 Å². The molecule has 0 aliphatic rings. The van der Waals surface area contributed by atoms with Crippen molar-refractivity contribution in [2.75, 3.05) is 43.3 Å². The summed E-state index contributed by atoms with van der Waals surface area (Å²) in [4.78, 5) is 27.1. The Kier molecular flexibility index (Phi) is 7.61. The smallest absolute Gasteiger partial charge is 0.238 e. The molecule has 0 aliphatic heterocycles. The van der Waals surface area contributed by atoms with Gasteiger partial charge in [-0.05, 0) is 43.6 Å². The molecule has 0 radical (unpaired) electrons. The topological polar surface area (TPSA) is 95.6 Å². The lowest BCUT2D eigenvalue weighted by Gasteiger charge is -2.17. The molecule has 2 aromatic carbocycles. The average molecular weight is 422 g/mol. The van der Waals surface area contributed by atoms with Gasteiger partial charge < -0.3 is 10.6 Å². The zero-order valence-electron chi connectivity index (χ0n) is 15.9. The molecule has 0 heterocycles. The number of rotatable bonds is 8. The molecule has 0 bridgehead atoms. The molecule has 2 rings (SSSR count). The number of nitrogens with zero attached hydrogens (tertiary/aromatic N) is 1. The Hall–Kier alpha value is -2.36. The maximum absolute atomic E-state index is 12.2. The van der Waals surface area contributed by atoms with Crippen molar-refractivity contribution in [2.45, 2.75) is 9.79 Å². The normalized spacial score (nSPS) is 11.3. The lowest BCUT2D eigenvalue weighted by molar-refractivity contribution is -0.119. The number of para-hydroxylation sites is 1. The van der Waals surface area contributed by atoms with E-state index in [9.17, 15) is 18.0 Å². The zero-order valence-corrected chi connectivity index (χ0v) is 17.6. The summed E-state index contributed by atoms with van der Waals surface area (Å²) in [5, 5.41) is 5.49. The van der Waals surface area contributed by atoms with Gasteiger partial charge in [0.05, 0.1) is 23.7 Å². The van der Waals surface area contributed by atoms with Gasteiger partial charge in [-0.3, -0.25) is 14.5 Å². The summed E-state index contributed by atoms with van der Waals surface area (Å²) < 4.78 is 23.2. The Bertz CT molecular complexity index is 961. The van der Waals surface area contributed by atoms with Gasteiger partial charge in [0, 0.05) is 16.8 Å². The molecule has 2 aromatic rings. The highest BCUT2D eigenvalue weighted by Crippen LogP contribution is 2.24. The van der Waals surface area contributed by atoms with Crippen LogP contribution in [0.2, 0.25) is 0 Å². The molecule has 9 heteroatoms. The van der Waals surface area contributed by atoms with Crippen LogP contribution >= 0.6 is 11.8 Å². The lowest BCUT2D eigenvalue weighted by atomic mass is 10.3. The van der Waals surface area contributed by atoms with E-state index in [1.165, 1.54) is 23.9 Å². The highest BCUT2D eigenvalue weighted by Gasteiger charge is 2.13. The van der Waals surface area contributed by atoms with Crippen molar-refractivity contribution in [3.05, 3.63) is 48.5 Å². The fourth-order valence-corrected chi connectivity index (χ4v) is 3.71. The van der Waals surface area contributed by atoms with Gasteiger partial charge in [-0.1, -0.05) is 18.2 Å². The molecule has 0 atom stereocenters. The molecule has 0 aliphatic carbocycles. The van der Waals surface area contributed by atoms with Crippen molar-refractivity contribution >= 4 is 44.8 Å². The van der Waals surface area contributed by atoms with Gasteiger partial charge in [0.2, 0.25) is 11.8 Å². The Morgan fingerprint density at radius 1 is 1.00 bits per heavy atom. The van der Waals surface area contributed by atoms with Crippen LogP contribution in [-0.2, 0) is 19.4 Å². The molecule has 0 saturated heterocycles.